The number of allylic oxidation sites excluding steroid dienone is 2. The molecule has 1 saturated heterocycles. The van der Waals surface area contributed by atoms with E-state index < -0.39 is 18.5 Å². The second kappa shape index (κ2) is 8.20. The van der Waals surface area contributed by atoms with Crippen molar-refractivity contribution in [3.8, 4) is 5.75 Å². The van der Waals surface area contributed by atoms with E-state index >= 15 is 0 Å². The maximum atomic E-state index is 13.0. The zero-order chi connectivity index (χ0) is 23.1. The van der Waals surface area contributed by atoms with Crippen LogP contribution in [0.5, 0.6) is 5.75 Å². The fraction of sp³-hybridized carbons (Fsp3) is 0.280. The fourth-order valence-corrected chi connectivity index (χ4v) is 5.08. The molecule has 8 nitrogen and oxygen atoms in total. The Balaban J connectivity index is 1.25. The third-order valence-electron chi connectivity index (χ3n) is 6.53. The SMILES string of the molecule is COc1ccccc1NC(=O)COC(=O)c1cccc(N2C(=O)[C@H]3[C@H](C2=O)[C@H]2C=C[C@H]3C2)c1. The maximum Gasteiger partial charge on any atom is 0.338 e. The molecule has 1 saturated carbocycles. The van der Waals surface area contributed by atoms with E-state index in [2.05, 4.69) is 5.32 Å². The number of esters is 1. The number of hydrogen-bond acceptors (Lipinski definition) is 6. The number of ether oxygens (including phenoxy) is 2. The Morgan fingerprint density at radius 3 is 2.39 bits per heavy atom. The number of para-hydroxylation sites is 2. The summed E-state index contributed by atoms with van der Waals surface area (Å²) >= 11 is 0. The number of nitrogens with one attached hydrogen (secondary N) is 1. The van der Waals surface area contributed by atoms with Gasteiger partial charge in [-0.15, -0.1) is 0 Å². The number of fused-ring (bicyclic) bond motifs is 5. The van der Waals surface area contributed by atoms with Crippen LogP contribution < -0.4 is 15.0 Å². The van der Waals surface area contributed by atoms with Gasteiger partial charge in [0.2, 0.25) is 11.8 Å². The molecule has 168 valence electrons. The van der Waals surface area contributed by atoms with Crippen molar-refractivity contribution >= 4 is 35.1 Å². The highest BCUT2D eigenvalue weighted by Crippen LogP contribution is 2.53. The Morgan fingerprint density at radius 2 is 1.70 bits per heavy atom. The fourth-order valence-electron chi connectivity index (χ4n) is 5.08. The van der Waals surface area contributed by atoms with Crippen LogP contribution >= 0.6 is 0 Å². The summed E-state index contributed by atoms with van der Waals surface area (Å²) in [7, 11) is 1.49. The van der Waals surface area contributed by atoms with Gasteiger partial charge in [-0.3, -0.25) is 14.4 Å². The quantitative estimate of drug-likeness (QED) is 0.416. The number of anilines is 2. The molecule has 2 bridgehead atoms. The van der Waals surface area contributed by atoms with Crippen molar-refractivity contribution in [3.05, 3.63) is 66.2 Å². The maximum absolute atomic E-state index is 13.0. The summed E-state index contributed by atoms with van der Waals surface area (Å²) in [4.78, 5) is 51.9. The van der Waals surface area contributed by atoms with Crippen LogP contribution in [0.4, 0.5) is 11.4 Å². The molecule has 33 heavy (non-hydrogen) atoms. The van der Waals surface area contributed by atoms with Crippen molar-refractivity contribution in [2.45, 2.75) is 6.42 Å². The average molecular weight is 446 g/mol. The van der Waals surface area contributed by atoms with Gasteiger partial charge < -0.3 is 14.8 Å². The molecule has 2 aliphatic carbocycles. The lowest BCUT2D eigenvalue weighted by atomic mass is 9.85. The van der Waals surface area contributed by atoms with Crippen LogP contribution in [0.3, 0.4) is 0 Å². The highest BCUT2D eigenvalue weighted by molar-refractivity contribution is 6.23. The predicted molar refractivity (Wildman–Crippen MR) is 119 cm³/mol. The molecule has 4 atom stereocenters. The van der Waals surface area contributed by atoms with E-state index in [0.717, 1.165) is 6.42 Å². The smallest absolute Gasteiger partial charge is 0.338 e. The molecular weight excluding hydrogens is 424 g/mol. The summed E-state index contributed by atoms with van der Waals surface area (Å²) in [6, 6.07) is 13.1. The lowest BCUT2D eigenvalue weighted by Crippen LogP contribution is -2.33. The molecule has 0 unspecified atom stereocenters. The number of rotatable bonds is 6. The highest BCUT2D eigenvalue weighted by Gasteiger charge is 2.59. The molecule has 3 aliphatic rings. The molecule has 2 aromatic rings. The first-order valence-electron chi connectivity index (χ1n) is 10.7. The molecule has 0 radical (unpaired) electrons. The largest absolute Gasteiger partial charge is 0.495 e. The summed E-state index contributed by atoms with van der Waals surface area (Å²) in [5, 5.41) is 2.63. The van der Waals surface area contributed by atoms with E-state index in [1.54, 1.807) is 36.4 Å². The molecule has 8 heteroatoms. The molecule has 1 heterocycles. The van der Waals surface area contributed by atoms with Crippen LogP contribution in [-0.2, 0) is 19.1 Å². The van der Waals surface area contributed by atoms with Gasteiger partial charge in [0.15, 0.2) is 6.61 Å². The van der Waals surface area contributed by atoms with Gasteiger partial charge in [0.1, 0.15) is 5.75 Å². The van der Waals surface area contributed by atoms with Gasteiger partial charge in [-0.05, 0) is 48.6 Å². The Hall–Kier alpha value is -3.94. The minimum atomic E-state index is -0.729. The minimum absolute atomic E-state index is 0.108. The molecular formula is C25H22N2O6. The van der Waals surface area contributed by atoms with E-state index in [1.807, 2.05) is 12.2 Å². The Kier molecular flexibility index (Phi) is 5.20. The van der Waals surface area contributed by atoms with Gasteiger partial charge in [-0.2, -0.15) is 0 Å². The van der Waals surface area contributed by atoms with Crippen molar-refractivity contribution in [2.24, 2.45) is 23.7 Å². The number of nitrogens with zero attached hydrogens (tertiary/aromatic N) is 1. The number of benzene rings is 2. The first-order chi connectivity index (χ1) is 16.0. The van der Waals surface area contributed by atoms with Crippen molar-refractivity contribution in [3.63, 3.8) is 0 Å². The van der Waals surface area contributed by atoms with Crippen LogP contribution in [0.25, 0.3) is 0 Å². The van der Waals surface area contributed by atoms with Gasteiger partial charge in [0, 0.05) is 0 Å². The lowest BCUT2D eigenvalue weighted by Gasteiger charge is -2.18. The normalized spacial score (nSPS) is 24.7. The second-order valence-corrected chi connectivity index (χ2v) is 8.39. The molecule has 0 aromatic heterocycles. The first-order valence-corrected chi connectivity index (χ1v) is 10.7. The molecule has 1 aliphatic heterocycles. The molecule has 1 N–H and O–H groups in total. The number of hydrogen-bond donors (Lipinski definition) is 1. The van der Waals surface area contributed by atoms with Crippen LogP contribution in [-0.4, -0.2) is 37.4 Å². The van der Waals surface area contributed by atoms with Crippen LogP contribution in [0.2, 0.25) is 0 Å². The predicted octanol–water partition coefficient (Wildman–Crippen LogP) is 2.80. The van der Waals surface area contributed by atoms with Crippen molar-refractivity contribution in [2.75, 3.05) is 23.9 Å². The van der Waals surface area contributed by atoms with Gasteiger partial charge in [-0.1, -0.05) is 30.4 Å². The van der Waals surface area contributed by atoms with Gasteiger partial charge >= 0.3 is 5.97 Å². The third kappa shape index (κ3) is 3.57. The van der Waals surface area contributed by atoms with Gasteiger partial charge in [0.05, 0.1) is 35.9 Å². The third-order valence-corrected chi connectivity index (χ3v) is 6.53. The molecule has 5 rings (SSSR count). The number of amides is 3. The standard InChI is InChI=1S/C25H22N2O6/c1-32-19-8-3-2-7-18(19)26-20(28)13-33-25(31)16-5-4-6-17(12-16)27-23(29)21-14-9-10-15(11-14)22(21)24(27)30/h2-10,12,14-15,21-22H,11,13H2,1H3,(H,26,28)/t14-,15-,21+,22+/m0/s1. The lowest BCUT2D eigenvalue weighted by molar-refractivity contribution is -0.123. The highest BCUT2D eigenvalue weighted by atomic mass is 16.5. The van der Waals surface area contributed by atoms with Crippen molar-refractivity contribution in [1.29, 1.82) is 0 Å². The first kappa shape index (κ1) is 20.9. The van der Waals surface area contributed by atoms with E-state index in [9.17, 15) is 19.2 Å². The number of methoxy groups -OCH3 is 1. The zero-order valence-electron chi connectivity index (χ0n) is 17.9. The molecule has 3 amide bonds. The van der Waals surface area contributed by atoms with Gasteiger partial charge in [-0.25, -0.2) is 9.69 Å². The molecule has 2 aromatic carbocycles. The van der Waals surface area contributed by atoms with Crippen LogP contribution in [0.1, 0.15) is 16.8 Å². The summed E-state index contributed by atoms with van der Waals surface area (Å²) in [5.74, 6) is -1.63. The summed E-state index contributed by atoms with van der Waals surface area (Å²) in [5.41, 5.74) is 0.950. The summed E-state index contributed by atoms with van der Waals surface area (Å²) < 4.78 is 10.3. The van der Waals surface area contributed by atoms with E-state index in [-0.39, 0.29) is 41.0 Å². The van der Waals surface area contributed by atoms with Crippen LogP contribution in [0, 0.1) is 23.7 Å². The summed E-state index contributed by atoms with van der Waals surface area (Å²) in [6.45, 7) is -0.498. The Labute approximate surface area is 190 Å². The van der Waals surface area contributed by atoms with Crippen molar-refractivity contribution in [1.82, 2.24) is 0 Å². The monoisotopic (exact) mass is 446 g/mol. The van der Waals surface area contributed by atoms with E-state index in [0.29, 0.717) is 17.1 Å². The van der Waals surface area contributed by atoms with E-state index in [4.69, 9.17) is 9.47 Å². The summed E-state index contributed by atoms with van der Waals surface area (Å²) in [6.07, 6.45) is 4.92. The molecule has 2 fully saturated rings. The minimum Gasteiger partial charge on any atom is -0.495 e. The Morgan fingerprint density at radius 1 is 1.00 bits per heavy atom. The topological polar surface area (TPSA) is 102 Å². The number of carbonyl (C=O) groups is 4. The van der Waals surface area contributed by atoms with Crippen molar-refractivity contribution < 1.29 is 28.7 Å². The van der Waals surface area contributed by atoms with E-state index in [1.165, 1.54) is 24.1 Å². The zero-order valence-corrected chi connectivity index (χ0v) is 17.9. The number of carbonyl (C=O) groups excluding carboxylic acids is 4. The van der Waals surface area contributed by atoms with Gasteiger partial charge in [0.25, 0.3) is 5.91 Å². The van der Waals surface area contributed by atoms with Crippen LogP contribution in [0.15, 0.2) is 60.7 Å². The second-order valence-electron chi connectivity index (χ2n) is 8.39. The Bertz CT molecular complexity index is 1160. The number of imide groups is 1. The molecule has 0 spiro atoms. The average Bonchev–Trinajstić information content (AvgIpc) is 3.51.